The molecule has 5 rings (SSSR count). The van der Waals surface area contributed by atoms with E-state index in [9.17, 15) is 14.4 Å². The highest BCUT2D eigenvalue weighted by Crippen LogP contribution is 2.55. The van der Waals surface area contributed by atoms with Crippen LogP contribution >= 0.6 is 11.8 Å². The zero-order chi connectivity index (χ0) is 21.6. The molecule has 0 bridgehead atoms. The molecule has 3 aliphatic rings. The van der Waals surface area contributed by atoms with E-state index in [-0.39, 0.29) is 36.1 Å². The summed E-state index contributed by atoms with van der Waals surface area (Å²) in [6.07, 6.45) is 4.24. The van der Waals surface area contributed by atoms with E-state index in [1.807, 2.05) is 55.5 Å². The molecule has 2 heterocycles. The van der Waals surface area contributed by atoms with Crippen LogP contribution in [0.3, 0.4) is 0 Å². The third kappa shape index (κ3) is 3.22. The third-order valence-electron chi connectivity index (χ3n) is 6.38. The zero-order valence-electron chi connectivity index (χ0n) is 17.5. The number of rotatable bonds is 4. The Morgan fingerprint density at radius 2 is 1.81 bits per heavy atom. The quantitative estimate of drug-likeness (QED) is 0.800. The van der Waals surface area contributed by atoms with Gasteiger partial charge in [-0.05, 0) is 38.0 Å². The van der Waals surface area contributed by atoms with E-state index >= 15 is 0 Å². The van der Waals surface area contributed by atoms with Gasteiger partial charge in [-0.25, -0.2) is 0 Å². The van der Waals surface area contributed by atoms with Crippen molar-refractivity contribution in [3.8, 4) is 0 Å². The van der Waals surface area contributed by atoms with Gasteiger partial charge in [-0.2, -0.15) is 0 Å². The topological polar surface area (TPSA) is 69.7 Å². The normalized spacial score (nSPS) is 23.1. The number of carbonyl (C=O) groups is 3. The molecule has 1 aliphatic carbocycles. The van der Waals surface area contributed by atoms with Crippen molar-refractivity contribution in [3.63, 3.8) is 0 Å². The maximum atomic E-state index is 13.9. The van der Waals surface area contributed by atoms with Crippen LogP contribution in [-0.2, 0) is 19.3 Å². The van der Waals surface area contributed by atoms with Gasteiger partial charge in [0.25, 0.3) is 5.91 Å². The monoisotopic (exact) mass is 435 g/mol. The van der Waals surface area contributed by atoms with Crippen molar-refractivity contribution in [3.05, 3.63) is 59.7 Å². The summed E-state index contributed by atoms with van der Waals surface area (Å²) in [5.74, 6) is -0.264. The van der Waals surface area contributed by atoms with Gasteiger partial charge in [-0.1, -0.05) is 48.7 Å². The van der Waals surface area contributed by atoms with Crippen LogP contribution in [0.2, 0.25) is 0 Å². The third-order valence-corrected chi connectivity index (χ3v) is 7.76. The van der Waals surface area contributed by atoms with E-state index in [4.69, 9.17) is 0 Å². The number of carbonyl (C=O) groups excluding carboxylic acids is 3. The highest BCUT2D eigenvalue weighted by atomic mass is 32.2. The first-order chi connectivity index (χ1) is 15.0. The molecular weight excluding hydrogens is 410 g/mol. The van der Waals surface area contributed by atoms with Crippen LogP contribution in [0.1, 0.15) is 36.8 Å². The molecule has 1 atom stereocenters. The molecule has 2 fully saturated rings. The van der Waals surface area contributed by atoms with Gasteiger partial charge in [0.15, 0.2) is 0 Å². The molecule has 0 radical (unpaired) electrons. The summed E-state index contributed by atoms with van der Waals surface area (Å²) in [7, 11) is 0. The van der Waals surface area contributed by atoms with E-state index in [0.717, 1.165) is 36.8 Å². The highest BCUT2D eigenvalue weighted by Gasteiger charge is 2.61. The Balaban J connectivity index is 1.51. The number of amides is 3. The molecule has 2 aromatic rings. The van der Waals surface area contributed by atoms with E-state index in [0.29, 0.717) is 11.4 Å². The molecule has 6 nitrogen and oxygen atoms in total. The number of para-hydroxylation sites is 1. The van der Waals surface area contributed by atoms with Gasteiger partial charge in [0.05, 0.1) is 11.4 Å². The summed E-state index contributed by atoms with van der Waals surface area (Å²) in [6, 6.07) is 15.3. The molecule has 2 aromatic carbocycles. The minimum atomic E-state index is -1.17. The van der Waals surface area contributed by atoms with Crippen LogP contribution in [-0.4, -0.2) is 36.1 Å². The van der Waals surface area contributed by atoms with Gasteiger partial charge in [-0.15, -0.1) is 11.8 Å². The lowest BCUT2D eigenvalue weighted by atomic mass is 10.0. The van der Waals surface area contributed by atoms with Crippen molar-refractivity contribution < 1.29 is 14.4 Å². The Morgan fingerprint density at radius 3 is 2.55 bits per heavy atom. The van der Waals surface area contributed by atoms with Crippen LogP contribution in [0.15, 0.2) is 48.5 Å². The van der Waals surface area contributed by atoms with Crippen molar-refractivity contribution in [2.24, 2.45) is 0 Å². The molecule has 160 valence electrons. The average molecular weight is 436 g/mol. The number of anilines is 2. The summed E-state index contributed by atoms with van der Waals surface area (Å²) < 4.78 is 0. The highest BCUT2D eigenvalue weighted by molar-refractivity contribution is 8.02. The Labute approximate surface area is 186 Å². The zero-order valence-corrected chi connectivity index (χ0v) is 18.3. The van der Waals surface area contributed by atoms with E-state index in [1.54, 1.807) is 9.80 Å². The molecule has 1 unspecified atom stereocenters. The summed E-state index contributed by atoms with van der Waals surface area (Å²) in [5, 5.41) is 3.07. The van der Waals surface area contributed by atoms with Crippen LogP contribution in [0.5, 0.6) is 0 Å². The average Bonchev–Trinajstić information content (AvgIpc) is 3.45. The lowest BCUT2D eigenvalue weighted by Gasteiger charge is -2.33. The van der Waals surface area contributed by atoms with Gasteiger partial charge in [0.2, 0.25) is 16.7 Å². The molecule has 1 spiro atoms. The molecule has 0 aromatic heterocycles. The van der Waals surface area contributed by atoms with Gasteiger partial charge >= 0.3 is 0 Å². The van der Waals surface area contributed by atoms with E-state index in [2.05, 4.69) is 5.32 Å². The first kappa shape index (κ1) is 20.1. The second kappa shape index (κ2) is 7.71. The second-order valence-corrected chi connectivity index (χ2v) is 9.62. The first-order valence-corrected chi connectivity index (χ1v) is 11.7. The smallest absolute Gasteiger partial charge is 0.269 e. The number of benzene rings is 2. The lowest BCUT2D eigenvalue weighted by Crippen LogP contribution is -2.51. The SMILES string of the molecule is Cc1ccc(N2C(=O)CSC23C(=O)N(CC(=O)NC2CCCC2)c2ccccc23)cc1. The van der Waals surface area contributed by atoms with Gasteiger partial charge < -0.3 is 5.32 Å². The van der Waals surface area contributed by atoms with Crippen molar-refractivity contribution in [2.75, 3.05) is 22.1 Å². The first-order valence-electron chi connectivity index (χ1n) is 10.8. The van der Waals surface area contributed by atoms with Gasteiger partial charge in [0, 0.05) is 17.3 Å². The fourth-order valence-electron chi connectivity index (χ4n) is 4.89. The van der Waals surface area contributed by atoms with E-state index < -0.39 is 4.87 Å². The number of hydrogen-bond donors (Lipinski definition) is 1. The van der Waals surface area contributed by atoms with Crippen molar-refractivity contribution in [2.45, 2.75) is 43.5 Å². The second-order valence-electron chi connectivity index (χ2n) is 8.45. The minimum Gasteiger partial charge on any atom is -0.352 e. The molecule has 1 saturated heterocycles. The van der Waals surface area contributed by atoms with Crippen LogP contribution in [0.4, 0.5) is 11.4 Å². The fourth-order valence-corrected chi connectivity index (χ4v) is 6.25. The molecule has 1 N–H and O–H groups in total. The summed E-state index contributed by atoms with van der Waals surface area (Å²) in [4.78, 5) is 41.6. The Bertz CT molecular complexity index is 1050. The Kier molecular flexibility index (Phi) is 5.01. The predicted octanol–water partition coefficient (Wildman–Crippen LogP) is 3.33. The predicted molar refractivity (Wildman–Crippen MR) is 122 cm³/mol. The van der Waals surface area contributed by atoms with Crippen LogP contribution < -0.4 is 15.1 Å². The van der Waals surface area contributed by atoms with Crippen LogP contribution in [0, 0.1) is 6.92 Å². The number of hydrogen-bond acceptors (Lipinski definition) is 4. The summed E-state index contributed by atoms with van der Waals surface area (Å²) >= 11 is 1.34. The van der Waals surface area contributed by atoms with Crippen molar-refractivity contribution in [1.82, 2.24) is 5.32 Å². The van der Waals surface area contributed by atoms with Gasteiger partial charge in [0.1, 0.15) is 6.54 Å². The largest absolute Gasteiger partial charge is 0.352 e. The molecule has 31 heavy (non-hydrogen) atoms. The molecule has 1 saturated carbocycles. The molecule has 3 amide bonds. The summed E-state index contributed by atoms with van der Waals surface area (Å²) in [6.45, 7) is 1.95. The molecule has 7 heteroatoms. The van der Waals surface area contributed by atoms with Gasteiger partial charge in [-0.3, -0.25) is 24.2 Å². The Morgan fingerprint density at radius 1 is 1.10 bits per heavy atom. The van der Waals surface area contributed by atoms with E-state index in [1.165, 1.54) is 11.8 Å². The van der Waals surface area contributed by atoms with Crippen molar-refractivity contribution in [1.29, 1.82) is 0 Å². The lowest BCUT2D eigenvalue weighted by molar-refractivity contribution is -0.126. The van der Waals surface area contributed by atoms with Crippen LogP contribution in [0.25, 0.3) is 0 Å². The fraction of sp³-hybridized carbons (Fsp3) is 0.375. The number of fused-ring (bicyclic) bond motifs is 2. The molecule has 2 aliphatic heterocycles. The minimum absolute atomic E-state index is 0.0371. The maximum absolute atomic E-state index is 13.9. The number of nitrogens with one attached hydrogen (secondary N) is 1. The number of thioether (sulfide) groups is 1. The standard InChI is InChI=1S/C24H25N3O3S/c1-16-10-12-18(13-11-16)27-22(29)15-31-24(27)19-8-4-5-9-20(19)26(23(24)30)14-21(28)25-17-6-2-3-7-17/h4-5,8-13,17H,2-3,6-7,14-15H2,1H3,(H,25,28). The number of aryl methyl sites for hydroxylation is 1. The summed E-state index contributed by atoms with van der Waals surface area (Å²) in [5.41, 5.74) is 3.25. The van der Waals surface area contributed by atoms with Crippen molar-refractivity contribution >= 4 is 40.9 Å². The number of nitrogens with zero attached hydrogens (tertiary/aromatic N) is 2. The molecular formula is C24H25N3O3S. The maximum Gasteiger partial charge on any atom is 0.269 e. The Hall–Kier alpha value is -2.80.